The Bertz CT molecular complexity index is 769. The molecule has 1 aromatic heterocycles. The van der Waals surface area contributed by atoms with E-state index in [0.717, 1.165) is 17.1 Å². The fraction of sp³-hybridized carbons (Fsp3) is 0.286. The molecule has 0 saturated carbocycles. The number of furan rings is 1. The number of rotatable bonds is 4. The molecule has 0 fully saturated rings. The minimum absolute atomic E-state index is 0.196. The summed E-state index contributed by atoms with van der Waals surface area (Å²) in [5.41, 5.74) is 0.835. The molecule has 1 atom stereocenters. The average Bonchev–Trinajstić information content (AvgIpc) is 2.71. The summed E-state index contributed by atoms with van der Waals surface area (Å²) in [6, 6.07) is 6.50. The van der Waals surface area contributed by atoms with Gasteiger partial charge in [-0.15, -0.1) is 0 Å². The molecular weight excluding hydrogens is 422 g/mol. The first kappa shape index (κ1) is 16.7. The average molecular weight is 437 g/mol. The highest BCUT2D eigenvalue weighted by molar-refractivity contribution is 9.11. The van der Waals surface area contributed by atoms with Crippen LogP contribution in [0.3, 0.4) is 0 Å². The lowest BCUT2D eigenvalue weighted by molar-refractivity contribution is 0.496. The molecule has 1 unspecified atom stereocenters. The zero-order valence-corrected chi connectivity index (χ0v) is 15.8. The Kier molecular flexibility index (Phi) is 4.97. The third kappa shape index (κ3) is 3.77. The molecule has 1 N–H and O–H groups in total. The molecule has 0 aliphatic rings. The topological polar surface area (TPSA) is 59.3 Å². The Morgan fingerprint density at radius 1 is 1.19 bits per heavy atom. The molecule has 0 aliphatic heterocycles. The quantitative estimate of drug-likeness (QED) is 0.769. The number of halogens is 2. The maximum absolute atomic E-state index is 12.5. The first-order valence-electron chi connectivity index (χ1n) is 6.25. The summed E-state index contributed by atoms with van der Waals surface area (Å²) < 4.78 is 34.4. The second-order valence-corrected chi connectivity index (χ2v) is 8.24. The lowest BCUT2D eigenvalue weighted by Gasteiger charge is -2.15. The van der Waals surface area contributed by atoms with E-state index in [2.05, 4.69) is 36.6 Å². The fourth-order valence-corrected chi connectivity index (χ4v) is 4.85. The van der Waals surface area contributed by atoms with Crippen molar-refractivity contribution in [1.29, 1.82) is 0 Å². The molecule has 0 bridgehead atoms. The van der Waals surface area contributed by atoms with Gasteiger partial charge in [0.2, 0.25) is 10.0 Å². The minimum Gasteiger partial charge on any atom is -0.466 e. The van der Waals surface area contributed by atoms with E-state index in [1.54, 1.807) is 25.1 Å². The maximum atomic E-state index is 12.5. The van der Waals surface area contributed by atoms with E-state index in [0.29, 0.717) is 8.95 Å². The summed E-state index contributed by atoms with van der Waals surface area (Å²) in [5.74, 6) is 1.48. The molecule has 0 saturated heterocycles. The van der Waals surface area contributed by atoms with Gasteiger partial charge in [0.05, 0.1) is 4.90 Å². The third-order valence-corrected chi connectivity index (χ3v) is 6.09. The van der Waals surface area contributed by atoms with Crippen molar-refractivity contribution in [1.82, 2.24) is 4.72 Å². The highest BCUT2D eigenvalue weighted by Gasteiger charge is 2.23. The zero-order chi connectivity index (χ0) is 15.8. The van der Waals surface area contributed by atoms with Gasteiger partial charge in [-0.3, -0.25) is 0 Å². The SMILES string of the molecule is Cc1cc(C(C)NS(=O)(=O)c2cc(Br)ccc2Br)c(C)o1. The van der Waals surface area contributed by atoms with E-state index < -0.39 is 10.0 Å². The van der Waals surface area contributed by atoms with Crippen LogP contribution < -0.4 is 4.72 Å². The van der Waals surface area contributed by atoms with Crippen LogP contribution in [0, 0.1) is 13.8 Å². The number of benzene rings is 1. The monoisotopic (exact) mass is 435 g/mol. The van der Waals surface area contributed by atoms with E-state index in [9.17, 15) is 8.42 Å². The molecule has 0 spiro atoms. The Hall–Kier alpha value is -0.630. The zero-order valence-electron chi connectivity index (χ0n) is 11.8. The van der Waals surface area contributed by atoms with Crippen molar-refractivity contribution in [3.8, 4) is 0 Å². The number of nitrogens with one attached hydrogen (secondary N) is 1. The van der Waals surface area contributed by atoms with Crippen LogP contribution in [-0.4, -0.2) is 8.42 Å². The van der Waals surface area contributed by atoms with Gasteiger partial charge in [0.25, 0.3) is 0 Å². The highest BCUT2D eigenvalue weighted by atomic mass is 79.9. The van der Waals surface area contributed by atoms with Gasteiger partial charge in [-0.2, -0.15) is 0 Å². The molecule has 0 amide bonds. The molecular formula is C14H15Br2NO3S. The first-order valence-corrected chi connectivity index (χ1v) is 9.32. The molecule has 21 heavy (non-hydrogen) atoms. The van der Waals surface area contributed by atoms with Crippen LogP contribution in [0.4, 0.5) is 0 Å². The second-order valence-electron chi connectivity index (χ2n) is 4.79. The number of hydrogen-bond acceptors (Lipinski definition) is 3. The van der Waals surface area contributed by atoms with Gasteiger partial charge in [0, 0.05) is 20.6 Å². The summed E-state index contributed by atoms with van der Waals surface area (Å²) in [6.45, 7) is 5.45. The van der Waals surface area contributed by atoms with Crippen LogP contribution in [0.2, 0.25) is 0 Å². The third-order valence-electron chi connectivity index (χ3n) is 3.06. The Labute approximate surface area is 141 Å². The lowest BCUT2D eigenvalue weighted by atomic mass is 10.1. The van der Waals surface area contributed by atoms with Crippen LogP contribution in [0.25, 0.3) is 0 Å². The molecule has 1 aromatic carbocycles. The maximum Gasteiger partial charge on any atom is 0.242 e. The normalized spacial score (nSPS) is 13.4. The molecule has 2 rings (SSSR count). The van der Waals surface area contributed by atoms with Gasteiger partial charge < -0.3 is 4.42 Å². The van der Waals surface area contributed by atoms with Gasteiger partial charge in [0.1, 0.15) is 11.5 Å². The van der Waals surface area contributed by atoms with E-state index >= 15 is 0 Å². The van der Waals surface area contributed by atoms with Crippen LogP contribution >= 0.6 is 31.9 Å². The summed E-state index contributed by atoms with van der Waals surface area (Å²) in [5, 5.41) is 0. The van der Waals surface area contributed by atoms with Crippen molar-refractivity contribution in [3.05, 3.63) is 50.3 Å². The van der Waals surface area contributed by atoms with Gasteiger partial charge in [0.15, 0.2) is 0 Å². The van der Waals surface area contributed by atoms with Crippen LogP contribution in [0.15, 0.2) is 42.5 Å². The Morgan fingerprint density at radius 3 is 2.43 bits per heavy atom. The Balaban J connectivity index is 2.33. The van der Waals surface area contributed by atoms with E-state index in [-0.39, 0.29) is 10.9 Å². The molecule has 0 radical (unpaired) electrons. The van der Waals surface area contributed by atoms with Crippen molar-refractivity contribution < 1.29 is 12.8 Å². The standard InChI is InChI=1S/C14H15Br2NO3S/c1-8-6-12(10(3)20-8)9(2)17-21(18,19)14-7-11(15)4-5-13(14)16/h4-7,9,17H,1-3H3. The molecule has 7 heteroatoms. The highest BCUT2D eigenvalue weighted by Crippen LogP contribution is 2.28. The van der Waals surface area contributed by atoms with Crippen LogP contribution in [0.1, 0.15) is 30.0 Å². The van der Waals surface area contributed by atoms with E-state index in [1.165, 1.54) is 0 Å². The summed E-state index contributed by atoms with van der Waals surface area (Å²) >= 11 is 6.56. The summed E-state index contributed by atoms with van der Waals surface area (Å²) in [4.78, 5) is 0.196. The van der Waals surface area contributed by atoms with E-state index in [1.807, 2.05) is 19.9 Å². The Morgan fingerprint density at radius 2 is 1.86 bits per heavy atom. The lowest BCUT2D eigenvalue weighted by Crippen LogP contribution is -2.27. The molecule has 114 valence electrons. The second kappa shape index (κ2) is 6.24. The number of aryl methyl sites for hydroxylation is 2. The van der Waals surface area contributed by atoms with Gasteiger partial charge in [-0.05, 0) is 61.0 Å². The largest absolute Gasteiger partial charge is 0.466 e. The van der Waals surface area contributed by atoms with Crippen molar-refractivity contribution in [2.75, 3.05) is 0 Å². The minimum atomic E-state index is -3.64. The van der Waals surface area contributed by atoms with Crippen LogP contribution in [-0.2, 0) is 10.0 Å². The predicted octanol–water partition coefficient (Wildman–Crippen LogP) is 4.46. The molecule has 4 nitrogen and oxygen atoms in total. The van der Waals surface area contributed by atoms with Crippen molar-refractivity contribution in [2.45, 2.75) is 31.7 Å². The molecule has 2 aromatic rings. The summed E-state index contributed by atoms with van der Waals surface area (Å²) in [6.07, 6.45) is 0. The summed E-state index contributed by atoms with van der Waals surface area (Å²) in [7, 11) is -3.64. The van der Waals surface area contributed by atoms with Gasteiger partial charge >= 0.3 is 0 Å². The van der Waals surface area contributed by atoms with Gasteiger partial charge in [-0.25, -0.2) is 13.1 Å². The van der Waals surface area contributed by atoms with E-state index in [4.69, 9.17) is 4.42 Å². The molecule has 0 aliphatic carbocycles. The first-order chi connectivity index (χ1) is 9.70. The number of hydrogen-bond donors (Lipinski definition) is 1. The predicted molar refractivity (Wildman–Crippen MR) is 88.8 cm³/mol. The van der Waals surface area contributed by atoms with Crippen LogP contribution in [0.5, 0.6) is 0 Å². The smallest absolute Gasteiger partial charge is 0.242 e. The van der Waals surface area contributed by atoms with Crippen molar-refractivity contribution in [2.24, 2.45) is 0 Å². The molecule has 1 heterocycles. The van der Waals surface area contributed by atoms with Crippen molar-refractivity contribution in [3.63, 3.8) is 0 Å². The number of sulfonamides is 1. The van der Waals surface area contributed by atoms with Gasteiger partial charge in [-0.1, -0.05) is 15.9 Å². The fourth-order valence-electron chi connectivity index (χ4n) is 2.12. The van der Waals surface area contributed by atoms with Crippen molar-refractivity contribution >= 4 is 41.9 Å².